The molecule has 8 heteroatoms. The van der Waals surface area contributed by atoms with Crippen molar-refractivity contribution >= 4 is 23.9 Å². The van der Waals surface area contributed by atoms with E-state index in [2.05, 4.69) is 0 Å². The highest BCUT2D eigenvalue weighted by Gasteiger charge is 2.21. The monoisotopic (exact) mass is 442 g/mol. The molecule has 8 nitrogen and oxygen atoms in total. The SMILES string of the molecule is CC(C)(C)OC(=O)Oc1ccc(C(=O)C(=O)c2ccc(OC(=O)OC(C)(C)C)cc2)cc1. The van der Waals surface area contributed by atoms with Gasteiger partial charge in [-0.2, -0.15) is 0 Å². The lowest BCUT2D eigenvalue weighted by atomic mass is 10.0. The topological polar surface area (TPSA) is 105 Å². The van der Waals surface area contributed by atoms with Crippen molar-refractivity contribution in [2.45, 2.75) is 52.7 Å². The highest BCUT2D eigenvalue weighted by Crippen LogP contribution is 2.19. The lowest BCUT2D eigenvalue weighted by molar-refractivity contribution is 0.0193. The zero-order valence-corrected chi connectivity index (χ0v) is 18.9. The predicted octanol–water partition coefficient (Wildman–Crippen LogP) is 5.38. The molecule has 32 heavy (non-hydrogen) atoms. The first-order valence-electron chi connectivity index (χ1n) is 9.84. The van der Waals surface area contributed by atoms with Crippen molar-refractivity contribution < 1.29 is 38.1 Å². The molecule has 0 fully saturated rings. The highest BCUT2D eigenvalue weighted by atomic mass is 16.7. The Balaban J connectivity index is 2.00. The van der Waals surface area contributed by atoms with E-state index >= 15 is 0 Å². The van der Waals surface area contributed by atoms with Crippen LogP contribution in [0.2, 0.25) is 0 Å². The average molecular weight is 442 g/mol. The van der Waals surface area contributed by atoms with Crippen molar-refractivity contribution in [2.75, 3.05) is 0 Å². The van der Waals surface area contributed by atoms with E-state index in [1.54, 1.807) is 41.5 Å². The zero-order valence-electron chi connectivity index (χ0n) is 18.9. The van der Waals surface area contributed by atoms with Gasteiger partial charge < -0.3 is 18.9 Å². The van der Waals surface area contributed by atoms with Crippen LogP contribution in [0.5, 0.6) is 11.5 Å². The summed E-state index contributed by atoms with van der Waals surface area (Å²) in [6.07, 6.45) is -1.75. The summed E-state index contributed by atoms with van der Waals surface area (Å²) in [6, 6.07) is 11.1. The lowest BCUT2D eigenvalue weighted by Gasteiger charge is -2.18. The minimum atomic E-state index is -0.874. The second-order valence-corrected chi connectivity index (χ2v) is 8.84. The summed E-state index contributed by atoms with van der Waals surface area (Å²) in [5, 5.41) is 0. The molecule has 0 unspecified atom stereocenters. The Morgan fingerprint density at radius 1 is 0.531 bits per heavy atom. The summed E-state index contributed by atoms with van der Waals surface area (Å²) in [5.74, 6) is -1.14. The fraction of sp³-hybridized carbons (Fsp3) is 0.333. The van der Waals surface area contributed by atoms with Crippen molar-refractivity contribution in [3.8, 4) is 11.5 Å². The standard InChI is InChI=1S/C24H26O8/c1-23(2,3)31-21(27)29-17-11-7-15(8-12-17)19(25)20(26)16-9-13-18(14-10-16)30-22(28)32-24(4,5)6/h7-14H,1-6H3. The average Bonchev–Trinajstić information content (AvgIpc) is 2.65. The fourth-order valence-electron chi connectivity index (χ4n) is 2.35. The second-order valence-electron chi connectivity index (χ2n) is 8.84. The van der Waals surface area contributed by atoms with Crippen LogP contribution in [0.15, 0.2) is 48.5 Å². The molecular formula is C24H26O8. The maximum atomic E-state index is 12.5. The van der Waals surface area contributed by atoms with Crippen molar-refractivity contribution in [3.05, 3.63) is 59.7 Å². The van der Waals surface area contributed by atoms with Gasteiger partial charge in [0.2, 0.25) is 11.6 Å². The van der Waals surface area contributed by atoms with Crippen molar-refractivity contribution in [1.29, 1.82) is 0 Å². The zero-order chi connectivity index (χ0) is 24.1. The number of hydrogen-bond donors (Lipinski definition) is 0. The van der Waals surface area contributed by atoms with Crippen LogP contribution in [-0.4, -0.2) is 35.1 Å². The predicted molar refractivity (Wildman–Crippen MR) is 115 cm³/mol. The smallest absolute Gasteiger partial charge is 0.428 e. The van der Waals surface area contributed by atoms with Gasteiger partial charge in [0.1, 0.15) is 22.7 Å². The third-order valence-corrected chi connectivity index (χ3v) is 3.62. The van der Waals surface area contributed by atoms with Crippen LogP contribution in [0.3, 0.4) is 0 Å². The number of carbonyl (C=O) groups excluding carboxylic acids is 4. The summed E-state index contributed by atoms with van der Waals surface area (Å²) >= 11 is 0. The largest absolute Gasteiger partial charge is 0.514 e. The molecule has 2 rings (SSSR count). The molecule has 0 atom stereocenters. The molecule has 0 N–H and O–H groups in total. The molecule has 0 saturated carbocycles. The number of benzene rings is 2. The summed E-state index contributed by atoms with van der Waals surface area (Å²) in [4.78, 5) is 48.4. The van der Waals surface area contributed by atoms with Gasteiger partial charge in [0.05, 0.1) is 0 Å². The van der Waals surface area contributed by atoms with Gasteiger partial charge in [0.25, 0.3) is 0 Å². The maximum absolute atomic E-state index is 12.5. The van der Waals surface area contributed by atoms with E-state index in [1.807, 2.05) is 0 Å². The molecular weight excluding hydrogens is 416 g/mol. The number of ketones is 2. The number of carbonyl (C=O) groups is 4. The molecule has 0 heterocycles. The molecule has 0 aromatic heterocycles. The second kappa shape index (κ2) is 9.64. The third kappa shape index (κ3) is 7.86. The normalized spacial score (nSPS) is 11.3. The van der Waals surface area contributed by atoms with E-state index in [-0.39, 0.29) is 22.6 Å². The molecule has 0 saturated heterocycles. The van der Waals surface area contributed by atoms with Gasteiger partial charge in [0.15, 0.2) is 0 Å². The molecule has 0 amide bonds. The molecule has 0 radical (unpaired) electrons. The maximum Gasteiger partial charge on any atom is 0.514 e. The van der Waals surface area contributed by atoms with E-state index in [1.165, 1.54) is 48.5 Å². The van der Waals surface area contributed by atoms with E-state index in [0.717, 1.165) is 0 Å². The number of rotatable bonds is 5. The first-order chi connectivity index (χ1) is 14.7. The third-order valence-electron chi connectivity index (χ3n) is 3.62. The molecule has 0 aliphatic heterocycles. The van der Waals surface area contributed by atoms with Crippen LogP contribution in [-0.2, 0) is 9.47 Å². The summed E-state index contributed by atoms with van der Waals surface area (Å²) in [5.41, 5.74) is -1.15. The van der Waals surface area contributed by atoms with Crippen molar-refractivity contribution in [1.82, 2.24) is 0 Å². The molecule has 2 aromatic carbocycles. The van der Waals surface area contributed by atoms with Crippen molar-refractivity contribution in [2.24, 2.45) is 0 Å². The van der Waals surface area contributed by atoms with Crippen LogP contribution in [0, 0.1) is 0 Å². The van der Waals surface area contributed by atoms with E-state index < -0.39 is 35.1 Å². The first kappa shape index (κ1) is 24.6. The summed E-state index contributed by atoms with van der Waals surface area (Å²) < 4.78 is 20.2. The van der Waals surface area contributed by atoms with E-state index in [9.17, 15) is 19.2 Å². The number of Topliss-reactive ketones (excluding diaryl/α,β-unsaturated/α-hetero) is 2. The molecule has 170 valence electrons. The van der Waals surface area contributed by atoms with Gasteiger partial charge in [-0.3, -0.25) is 9.59 Å². The first-order valence-corrected chi connectivity index (χ1v) is 9.84. The van der Waals surface area contributed by atoms with Crippen LogP contribution < -0.4 is 9.47 Å². The van der Waals surface area contributed by atoms with Gasteiger partial charge in [-0.1, -0.05) is 0 Å². The Morgan fingerprint density at radius 2 is 0.812 bits per heavy atom. The Bertz CT molecular complexity index is 907. The van der Waals surface area contributed by atoms with Gasteiger partial charge in [-0.25, -0.2) is 9.59 Å². The van der Waals surface area contributed by atoms with Gasteiger partial charge in [-0.05, 0) is 90.1 Å². The molecule has 0 spiro atoms. The Labute approximate surface area is 186 Å². The Morgan fingerprint density at radius 3 is 1.06 bits per heavy atom. The fourth-order valence-corrected chi connectivity index (χ4v) is 2.35. The Hall–Kier alpha value is -3.68. The Kier molecular flexibility index (Phi) is 7.40. The lowest BCUT2D eigenvalue weighted by Crippen LogP contribution is -2.26. The van der Waals surface area contributed by atoms with Crippen LogP contribution in [0.4, 0.5) is 9.59 Å². The van der Waals surface area contributed by atoms with Gasteiger partial charge in [0, 0.05) is 11.1 Å². The number of ether oxygens (including phenoxy) is 4. The van der Waals surface area contributed by atoms with Crippen molar-refractivity contribution in [3.63, 3.8) is 0 Å². The van der Waals surface area contributed by atoms with Crippen LogP contribution in [0.1, 0.15) is 62.3 Å². The molecule has 0 bridgehead atoms. The summed E-state index contributed by atoms with van der Waals surface area (Å²) in [7, 11) is 0. The van der Waals surface area contributed by atoms with Crippen LogP contribution >= 0.6 is 0 Å². The minimum Gasteiger partial charge on any atom is -0.428 e. The minimum absolute atomic E-state index is 0.126. The summed E-state index contributed by atoms with van der Waals surface area (Å²) in [6.45, 7) is 10.2. The van der Waals surface area contributed by atoms with E-state index in [0.29, 0.717) is 0 Å². The number of hydrogen-bond acceptors (Lipinski definition) is 8. The van der Waals surface area contributed by atoms with Crippen LogP contribution in [0.25, 0.3) is 0 Å². The van der Waals surface area contributed by atoms with Gasteiger partial charge >= 0.3 is 12.3 Å². The molecule has 0 aliphatic rings. The molecule has 2 aromatic rings. The van der Waals surface area contributed by atoms with Gasteiger partial charge in [-0.15, -0.1) is 0 Å². The highest BCUT2D eigenvalue weighted by molar-refractivity contribution is 6.49. The molecule has 0 aliphatic carbocycles. The van der Waals surface area contributed by atoms with E-state index in [4.69, 9.17) is 18.9 Å². The quantitative estimate of drug-likeness (QED) is 0.263.